The van der Waals surface area contributed by atoms with Crippen LogP contribution in [0.4, 0.5) is 11.4 Å². The number of para-hydroxylation sites is 3. The minimum Gasteiger partial charge on any atom is -0.483 e. The van der Waals surface area contributed by atoms with Gasteiger partial charge in [0.2, 0.25) is 0 Å². The van der Waals surface area contributed by atoms with Gasteiger partial charge >= 0.3 is 0 Å². The monoisotopic (exact) mass is 477 g/mol. The van der Waals surface area contributed by atoms with Crippen molar-refractivity contribution in [1.82, 2.24) is 4.98 Å². The van der Waals surface area contributed by atoms with Crippen molar-refractivity contribution in [2.24, 2.45) is 10.9 Å². The second-order valence-electron chi connectivity index (χ2n) is 8.66. The lowest BCUT2D eigenvalue weighted by Gasteiger charge is -2.28. The van der Waals surface area contributed by atoms with Gasteiger partial charge in [0.1, 0.15) is 17.5 Å². The number of fused-ring (bicyclic) bond motifs is 2. The highest BCUT2D eigenvalue weighted by atomic mass is 35.5. The van der Waals surface area contributed by atoms with E-state index in [4.69, 9.17) is 21.3 Å². The van der Waals surface area contributed by atoms with Crippen LogP contribution in [0.25, 0.3) is 10.9 Å². The van der Waals surface area contributed by atoms with E-state index in [-0.39, 0.29) is 12.0 Å². The van der Waals surface area contributed by atoms with E-state index in [1.807, 2.05) is 60.7 Å². The van der Waals surface area contributed by atoms with Gasteiger partial charge in [-0.05, 0) is 42.0 Å². The molecular weight excluding hydrogens is 454 g/mol. The van der Waals surface area contributed by atoms with Gasteiger partial charge in [-0.3, -0.25) is 0 Å². The number of hydrogen-bond acceptors (Lipinski definition) is 3. The van der Waals surface area contributed by atoms with Crippen molar-refractivity contribution in [3.63, 3.8) is 0 Å². The number of benzene rings is 4. The average Bonchev–Trinajstić information content (AvgIpc) is 3.25. The number of nitrogens with zero attached hydrogens (tertiary/aromatic N) is 1. The van der Waals surface area contributed by atoms with E-state index in [1.165, 1.54) is 0 Å². The van der Waals surface area contributed by atoms with Crippen molar-refractivity contribution >= 4 is 39.6 Å². The van der Waals surface area contributed by atoms with Crippen molar-refractivity contribution < 1.29 is 4.74 Å². The fourth-order valence-electron chi connectivity index (χ4n) is 4.74. The molecule has 1 aliphatic rings. The maximum absolute atomic E-state index is 6.72. The van der Waals surface area contributed by atoms with E-state index in [0.717, 1.165) is 44.9 Å². The summed E-state index contributed by atoms with van der Waals surface area (Å²) in [6.45, 7) is 0.617. The standard InChI is InChI=1S/C30H24ClN3O/c31-21-11-8-12-22(17-21)32-19-25-29(24-18-33-26-14-5-4-13-23(24)26)34-27-15-6-7-16-28(27)35-30(25)20-9-2-1-3-10-20/h1-18,25,30,32-33H,19H2. The summed E-state index contributed by atoms with van der Waals surface area (Å²) in [5, 5.41) is 5.44. The van der Waals surface area contributed by atoms with Crippen LogP contribution in [0.3, 0.4) is 0 Å². The Morgan fingerprint density at radius 1 is 0.857 bits per heavy atom. The van der Waals surface area contributed by atoms with Gasteiger partial charge in [0, 0.05) is 39.9 Å². The Bertz CT molecular complexity index is 1510. The van der Waals surface area contributed by atoms with E-state index in [2.05, 4.69) is 59.0 Å². The van der Waals surface area contributed by atoms with E-state index in [0.29, 0.717) is 11.6 Å². The van der Waals surface area contributed by atoms with Gasteiger partial charge in [-0.15, -0.1) is 0 Å². The number of ether oxygens (including phenoxy) is 1. The first-order valence-electron chi connectivity index (χ1n) is 11.7. The predicted octanol–water partition coefficient (Wildman–Crippen LogP) is 7.80. The quantitative estimate of drug-likeness (QED) is 0.271. The highest BCUT2D eigenvalue weighted by Gasteiger charge is 2.34. The maximum Gasteiger partial charge on any atom is 0.145 e. The molecule has 0 amide bonds. The number of hydrogen-bond donors (Lipinski definition) is 2. The van der Waals surface area contributed by atoms with Gasteiger partial charge in [0.05, 0.1) is 11.6 Å². The molecule has 2 unspecified atom stereocenters. The van der Waals surface area contributed by atoms with Crippen LogP contribution in [-0.2, 0) is 0 Å². The number of nitrogens with one attached hydrogen (secondary N) is 2. The Balaban J connectivity index is 1.51. The molecule has 4 nitrogen and oxygen atoms in total. The molecule has 0 radical (unpaired) electrons. The highest BCUT2D eigenvalue weighted by molar-refractivity contribution is 6.30. The van der Waals surface area contributed by atoms with Crippen LogP contribution in [-0.4, -0.2) is 17.2 Å². The Hall–Kier alpha value is -4.02. The summed E-state index contributed by atoms with van der Waals surface area (Å²) in [5.41, 5.74) is 6.05. The first-order chi connectivity index (χ1) is 17.3. The number of aromatic nitrogens is 1. The van der Waals surface area contributed by atoms with Gasteiger partial charge in [-0.2, -0.15) is 0 Å². The molecule has 5 aromatic rings. The summed E-state index contributed by atoms with van der Waals surface area (Å²) >= 11 is 6.26. The van der Waals surface area contributed by atoms with Crippen LogP contribution in [0.5, 0.6) is 5.75 Å². The largest absolute Gasteiger partial charge is 0.483 e. The molecule has 1 aliphatic heterocycles. The average molecular weight is 478 g/mol. The van der Waals surface area contributed by atoms with Crippen molar-refractivity contribution in [2.75, 3.05) is 11.9 Å². The molecule has 2 atom stereocenters. The van der Waals surface area contributed by atoms with E-state index >= 15 is 0 Å². The molecule has 4 aromatic carbocycles. The summed E-state index contributed by atoms with van der Waals surface area (Å²) in [5.74, 6) is 0.701. The van der Waals surface area contributed by atoms with Gasteiger partial charge < -0.3 is 15.0 Å². The zero-order valence-electron chi connectivity index (χ0n) is 19.0. The lowest BCUT2D eigenvalue weighted by atomic mass is 9.87. The fraction of sp³-hybridized carbons (Fsp3) is 0.100. The molecule has 2 heterocycles. The van der Waals surface area contributed by atoms with Crippen LogP contribution in [0, 0.1) is 5.92 Å². The second-order valence-corrected chi connectivity index (χ2v) is 9.10. The van der Waals surface area contributed by atoms with Crippen molar-refractivity contribution in [3.8, 4) is 5.75 Å². The van der Waals surface area contributed by atoms with Crippen molar-refractivity contribution in [2.45, 2.75) is 6.10 Å². The SMILES string of the molecule is Clc1cccc(NCC2C(c3c[nH]c4ccccc34)=Nc3ccccc3OC2c2ccccc2)c1. The summed E-state index contributed by atoms with van der Waals surface area (Å²) < 4.78 is 6.72. The summed E-state index contributed by atoms with van der Waals surface area (Å²) in [7, 11) is 0. The van der Waals surface area contributed by atoms with Crippen molar-refractivity contribution in [3.05, 3.63) is 125 Å². The highest BCUT2D eigenvalue weighted by Crippen LogP contribution is 2.41. The van der Waals surface area contributed by atoms with Crippen LogP contribution in [0.1, 0.15) is 17.2 Å². The third-order valence-electron chi connectivity index (χ3n) is 6.42. The van der Waals surface area contributed by atoms with Gasteiger partial charge in [-0.25, -0.2) is 4.99 Å². The Morgan fingerprint density at radius 3 is 2.54 bits per heavy atom. The molecule has 2 N–H and O–H groups in total. The summed E-state index contributed by atoms with van der Waals surface area (Å²) in [4.78, 5) is 8.65. The Kier molecular flexibility index (Phi) is 5.73. The van der Waals surface area contributed by atoms with E-state index in [1.54, 1.807) is 0 Å². The first kappa shape index (κ1) is 21.5. The minimum atomic E-state index is -0.237. The van der Waals surface area contributed by atoms with Gasteiger partial charge in [-0.1, -0.05) is 78.3 Å². The fourth-order valence-corrected chi connectivity index (χ4v) is 4.93. The van der Waals surface area contributed by atoms with Crippen LogP contribution in [0.15, 0.2) is 114 Å². The van der Waals surface area contributed by atoms with Crippen LogP contribution >= 0.6 is 11.6 Å². The van der Waals surface area contributed by atoms with Crippen LogP contribution < -0.4 is 10.1 Å². The Morgan fingerprint density at radius 2 is 1.66 bits per heavy atom. The lowest BCUT2D eigenvalue weighted by molar-refractivity contribution is 0.176. The second kappa shape index (κ2) is 9.32. The normalized spacial score (nSPS) is 17.2. The number of aliphatic imine (C=N–C) groups is 1. The number of rotatable bonds is 5. The van der Waals surface area contributed by atoms with Crippen LogP contribution in [0.2, 0.25) is 5.02 Å². The molecule has 172 valence electrons. The van der Waals surface area contributed by atoms with E-state index < -0.39 is 0 Å². The molecule has 0 saturated carbocycles. The minimum absolute atomic E-state index is 0.0806. The first-order valence-corrected chi connectivity index (χ1v) is 12.1. The molecule has 6 rings (SSSR count). The van der Waals surface area contributed by atoms with Gasteiger partial charge in [0.25, 0.3) is 0 Å². The molecule has 0 bridgehead atoms. The maximum atomic E-state index is 6.72. The molecule has 5 heteroatoms. The third-order valence-corrected chi connectivity index (χ3v) is 6.66. The molecule has 35 heavy (non-hydrogen) atoms. The lowest BCUT2D eigenvalue weighted by Crippen LogP contribution is -2.32. The smallest absolute Gasteiger partial charge is 0.145 e. The molecule has 0 fully saturated rings. The Labute approximate surface area is 209 Å². The zero-order chi connectivity index (χ0) is 23.6. The molecule has 0 spiro atoms. The third kappa shape index (κ3) is 4.29. The number of aromatic amines is 1. The van der Waals surface area contributed by atoms with E-state index in [9.17, 15) is 0 Å². The number of H-pyrrole nitrogens is 1. The molecule has 0 aliphatic carbocycles. The predicted molar refractivity (Wildman–Crippen MR) is 144 cm³/mol. The van der Waals surface area contributed by atoms with Gasteiger partial charge in [0.15, 0.2) is 0 Å². The number of anilines is 1. The molecule has 1 aromatic heterocycles. The zero-order valence-corrected chi connectivity index (χ0v) is 19.7. The van der Waals surface area contributed by atoms with Crippen molar-refractivity contribution in [1.29, 1.82) is 0 Å². The summed E-state index contributed by atoms with van der Waals surface area (Å²) in [6, 6.07) is 34.5. The summed E-state index contributed by atoms with van der Waals surface area (Å²) in [6.07, 6.45) is 1.82. The molecular formula is C30H24ClN3O. The molecule has 0 saturated heterocycles. The number of halogens is 1. The topological polar surface area (TPSA) is 49.4 Å².